The maximum absolute atomic E-state index is 6.24. The molecule has 0 amide bonds. The zero-order chi connectivity index (χ0) is 13.1. The van der Waals surface area contributed by atoms with Gasteiger partial charge in [-0.1, -0.05) is 43.5 Å². The second kappa shape index (κ2) is 6.15. The lowest BCUT2D eigenvalue weighted by Gasteiger charge is -2.15. The zero-order valence-electron chi connectivity index (χ0n) is 9.41. The van der Waals surface area contributed by atoms with Crippen molar-refractivity contribution >= 4 is 43.5 Å². The Balaban J connectivity index is 2.25. The van der Waals surface area contributed by atoms with Crippen molar-refractivity contribution in [1.29, 1.82) is 0 Å². The van der Waals surface area contributed by atoms with Crippen molar-refractivity contribution in [3.05, 3.63) is 61.8 Å². The molecular formula is C13H11Br2ClN2. The van der Waals surface area contributed by atoms with Crippen LogP contribution in [0.15, 0.2) is 45.6 Å². The van der Waals surface area contributed by atoms with Gasteiger partial charge < -0.3 is 5.73 Å². The number of aromatic nitrogens is 1. The van der Waals surface area contributed by atoms with E-state index in [1.807, 2.05) is 24.3 Å². The molecule has 0 aliphatic carbocycles. The lowest BCUT2D eigenvalue weighted by molar-refractivity contribution is 0.717. The summed E-state index contributed by atoms with van der Waals surface area (Å²) in [4.78, 5) is 3.97. The second-order valence-electron chi connectivity index (χ2n) is 3.94. The molecule has 2 rings (SSSR count). The zero-order valence-corrected chi connectivity index (χ0v) is 13.3. The maximum Gasteiger partial charge on any atom is 0.0622 e. The van der Waals surface area contributed by atoms with E-state index >= 15 is 0 Å². The molecule has 0 saturated heterocycles. The minimum absolute atomic E-state index is 0.114. The van der Waals surface area contributed by atoms with Crippen LogP contribution in [0.5, 0.6) is 0 Å². The SMILES string of the molecule is NC(Cc1ccncc1Cl)c1cc(Br)ccc1Br. The number of rotatable bonds is 3. The molecule has 5 heteroatoms. The summed E-state index contributed by atoms with van der Waals surface area (Å²) in [6, 6.07) is 7.75. The molecule has 0 bridgehead atoms. The van der Waals surface area contributed by atoms with Crippen LogP contribution in [0.1, 0.15) is 17.2 Å². The summed E-state index contributed by atoms with van der Waals surface area (Å²) < 4.78 is 2.01. The largest absolute Gasteiger partial charge is 0.324 e. The quantitative estimate of drug-likeness (QED) is 0.838. The summed E-state index contributed by atoms with van der Waals surface area (Å²) in [5.74, 6) is 0. The molecule has 0 spiro atoms. The Hall–Kier alpha value is -0.420. The number of hydrogen-bond donors (Lipinski definition) is 1. The Morgan fingerprint density at radius 2 is 2.06 bits per heavy atom. The summed E-state index contributed by atoms with van der Waals surface area (Å²) in [7, 11) is 0. The lowest BCUT2D eigenvalue weighted by atomic mass is 10.0. The number of nitrogens with zero attached hydrogens (tertiary/aromatic N) is 1. The summed E-state index contributed by atoms with van der Waals surface area (Å²) in [6.07, 6.45) is 4.04. The minimum atomic E-state index is -0.114. The maximum atomic E-state index is 6.24. The van der Waals surface area contributed by atoms with E-state index in [-0.39, 0.29) is 6.04 Å². The van der Waals surface area contributed by atoms with Gasteiger partial charge in [0.15, 0.2) is 0 Å². The van der Waals surface area contributed by atoms with Gasteiger partial charge in [-0.05, 0) is 41.8 Å². The predicted octanol–water partition coefficient (Wildman–Crippen LogP) is 4.50. The van der Waals surface area contributed by atoms with E-state index in [1.165, 1.54) is 0 Å². The molecule has 94 valence electrons. The van der Waals surface area contributed by atoms with Gasteiger partial charge in [-0.2, -0.15) is 0 Å². The molecule has 0 radical (unpaired) electrons. The fourth-order valence-electron chi connectivity index (χ4n) is 1.72. The predicted molar refractivity (Wildman–Crippen MR) is 81.7 cm³/mol. The topological polar surface area (TPSA) is 38.9 Å². The minimum Gasteiger partial charge on any atom is -0.324 e. The third-order valence-corrected chi connectivity index (χ3v) is 4.21. The highest BCUT2D eigenvalue weighted by molar-refractivity contribution is 9.11. The van der Waals surface area contributed by atoms with Crippen LogP contribution in [0.3, 0.4) is 0 Å². The summed E-state index contributed by atoms with van der Waals surface area (Å²) >= 11 is 13.1. The van der Waals surface area contributed by atoms with E-state index < -0.39 is 0 Å². The summed E-state index contributed by atoms with van der Waals surface area (Å²) in [6.45, 7) is 0. The van der Waals surface area contributed by atoms with Gasteiger partial charge in [0.05, 0.1) is 5.02 Å². The van der Waals surface area contributed by atoms with Crippen molar-refractivity contribution in [3.8, 4) is 0 Å². The number of halogens is 3. The van der Waals surface area contributed by atoms with Gasteiger partial charge in [0.25, 0.3) is 0 Å². The van der Waals surface area contributed by atoms with Crippen molar-refractivity contribution in [2.45, 2.75) is 12.5 Å². The molecule has 2 aromatic rings. The standard InChI is InChI=1S/C13H11Br2ClN2/c14-9-1-2-11(15)10(6-9)13(17)5-8-3-4-18-7-12(8)16/h1-4,6-7,13H,5,17H2. The molecule has 18 heavy (non-hydrogen) atoms. The third kappa shape index (κ3) is 3.32. The summed E-state index contributed by atoms with van der Waals surface area (Å²) in [5.41, 5.74) is 8.29. The Morgan fingerprint density at radius 1 is 1.28 bits per heavy atom. The Kier molecular flexibility index (Phi) is 4.78. The van der Waals surface area contributed by atoms with Crippen molar-refractivity contribution < 1.29 is 0 Å². The van der Waals surface area contributed by atoms with Crippen LogP contribution >= 0.6 is 43.5 Å². The molecule has 2 nitrogen and oxygen atoms in total. The Bertz CT molecular complexity index is 560. The van der Waals surface area contributed by atoms with E-state index in [9.17, 15) is 0 Å². The highest BCUT2D eigenvalue weighted by Crippen LogP contribution is 2.29. The first-order chi connectivity index (χ1) is 8.58. The highest BCUT2D eigenvalue weighted by Gasteiger charge is 2.13. The van der Waals surface area contributed by atoms with Crippen LogP contribution in [0.25, 0.3) is 0 Å². The van der Waals surface area contributed by atoms with Gasteiger partial charge in [0.1, 0.15) is 0 Å². The van der Waals surface area contributed by atoms with Gasteiger partial charge in [-0.15, -0.1) is 0 Å². The fourth-order valence-corrected chi connectivity index (χ4v) is 2.83. The number of benzene rings is 1. The molecule has 0 saturated carbocycles. The smallest absolute Gasteiger partial charge is 0.0622 e. The normalized spacial score (nSPS) is 12.4. The molecule has 0 aliphatic heterocycles. The molecule has 1 heterocycles. The highest BCUT2D eigenvalue weighted by atomic mass is 79.9. The van der Waals surface area contributed by atoms with Crippen molar-refractivity contribution in [2.75, 3.05) is 0 Å². The first kappa shape index (κ1) is 14.0. The van der Waals surface area contributed by atoms with Crippen LogP contribution in [0.4, 0.5) is 0 Å². The molecule has 1 unspecified atom stereocenters. The van der Waals surface area contributed by atoms with Crippen LogP contribution in [0, 0.1) is 0 Å². The van der Waals surface area contributed by atoms with Gasteiger partial charge >= 0.3 is 0 Å². The molecule has 0 aliphatic rings. The molecule has 1 aromatic heterocycles. The lowest BCUT2D eigenvalue weighted by Crippen LogP contribution is -2.14. The molecule has 2 N–H and O–H groups in total. The summed E-state index contributed by atoms with van der Waals surface area (Å²) in [5, 5.41) is 0.652. The van der Waals surface area contributed by atoms with Gasteiger partial charge in [-0.25, -0.2) is 0 Å². The number of hydrogen-bond acceptors (Lipinski definition) is 2. The molecule has 1 atom stereocenters. The second-order valence-corrected chi connectivity index (χ2v) is 6.12. The average Bonchev–Trinajstić information content (AvgIpc) is 2.35. The van der Waals surface area contributed by atoms with Gasteiger partial charge in [0, 0.05) is 27.4 Å². The first-order valence-corrected chi connectivity index (χ1v) is 7.33. The van der Waals surface area contributed by atoms with Crippen molar-refractivity contribution in [1.82, 2.24) is 4.98 Å². The van der Waals surface area contributed by atoms with E-state index in [1.54, 1.807) is 12.4 Å². The third-order valence-electron chi connectivity index (χ3n) is 2.65. The van der Waals surface area contributed by atoms with Crippen LogP contribution in [-0.2, 0) is 6.42 Å². The van der Waals surface area contributed by atoms with Crippen LogP contribution < -0.4 is 5.73 Å². The van der Waals surface area contributed by atoms with E-state index in [2.05, 4.69) is 36.8 Å². The van der Waals surface area contributed by atoms with Crippen molar-refractivity contribution in [2.24, 2.45) is 5.73 Å². The van der Waals surface area contributed by atoms with E-state index in [0.29, 0.717) is 11.4 Å². The fraction of sp³-hybridized carbons (Fsp3) is 0.154. The average molecular weight is 391 g/mol. The van der Waals surface area contributed by atoms with E-state index in [4.69, 9.17) is 17.3 Å². The van der Waals surface area contributed by atoms with Crippen molar-refractivity contribution in [3.63, 3.8) is 0 Å². The van der Waals surface area contributed by atoms with Crippen LogP contribution in [0.2, 0.25) is 5.02 Å². The van der Waals surface area contributed by atoms with Gasteiger partial charge in [-0.3, -0.25) is 4.98 Å². The Morgan fingerprint density at radius 3 is 2.78 bits per heavy atom. The number of pyridine rings is 1. The Labute approximate surface area is 128 Å². The molecule has 1 aromatic carbocycles. The molecular weight excluding hydrogens is 379 g/mol. The first-order valence-electron chi connectivity index (χ1n) is 5.37. The molecule has 0 fully saturated rings. The number of nitrogens with two attached hydrogens (primary N) is 1. The van der Waals surface area contributed by atoms with E-state index in [0.717, 1.165) is 20.1 Å². The van der Waals surface area contributed by atoms with Crippen LogP contribution in [-0.4, -0.2) is 4.98 Å². The van der Waals surface area contributed by atoms with Gasteiger partial charge in [0.2, 0.25) is 0 Å². The monoisotopic (exact) mass is 388 g/mol.